The maximum atomic E-state index is 4.50. The summed E-state index contributed by atoms with van der Waals surface area (Å²) in [5.74, 6) is 1.23. The molecule has 2 rings (SSSR count). The van der Waals surface area contributed by atoms with Crippen molar-refractivity contribution in [1.82, 2.24) is 15.1 Å². The van der Waals surface area contributed by atoms with Crippen LogP contribution in [-0.2, 0) is 13.5 Å². The van der Waals surface area contributed by atoms with E-state index in [2.05, 4.69) is 77.7 Å². The van der Waals surface area contributed by atoms with Crippen LogP contribution in [0.1, 0.15) is 25.2 Å². The number of nitrogens with zero attached hydrogens (tertiary/aromatic N) is 2. The van der Waals surface area contributed by atoms with Crippen molar-refractivity contribution in [3.05, 3.63) is 15.9 Å². The molecule has 1 aliphatic rings. The van der Waals surface area contributed by atoms with Crippen molar-refractivity contribution < 1.29 is 0 Å². The van der Waals surface area contributed by atoms with Gasteiger partial charge >= 0.3 is 0 Å². The van der Waals surface area contributed by atoms with Crippen LogP contribution < -0.4 is 5.32 Å². The van der Waals surface area contributed by atoms with E-state index in [0.29, 0.717) is 11.3 Å². The van der Waals surface area contributed by atoms with Crippen LogP contribution in [0.25, 0.3) is 0 Å². The van der Waals surface area contributed by atoms with Crippen LogP contribution in [0.4, 0.5) is 0 Å². The van der Waals surface area contributed by atoms with Crippen LogP contribution in [0.15, 0.2) is 4.47 Å². The summed E-state index contributed by atoms with van der Waals surface area (Å²) < 4.78 is 3.17. The number of halogens is 1. The van der Waals surface area contributed by atoms with Crippen molar-refractivity contribution in [3.63, 3.8) is 0 Å². The van der Waals surface area contributed by atoms with Crippen molar-refractivity contribution in [2.24, 2.45) is 7.05 Å². The Balaban J connectivity index is 2.09. The predicted octanol–water partition coefficient (Wildman–Crippen LogP) is 3.25. The molecule has 1 aliphatic heterocycles. The van der Waals surface area contributed by atoms with E-state index in [1.54, 1.807) is 0 Å². The van der Waals surface area contributed by atoms with E-state index in [4.69, 9.17) is 0 Å². The number of aryl methyl sites for hydroxylation is 2. The van der Waals surface area contributed by atoms with Gasteiger partial charge in [-0.05, 0) is 29.9 Å². The number of thioether (sulfide) groups is 2. The third-order valence-corrected chi connectivity index (χ3v) is 8.65. The summed E-state index contributed by atoms with van der Waals surface area (Å²) in [5.41, 5.74) is 2.36. The molecule has 1 saturated heterocycles. The molecule has 0 radical (unpaired) electrons. The summed E-state index contributed by atoms with van der Waals surface area (Å²) in [6.07, 6.45) is 1.02. The first kappa shape index (κ1) is 16.7. The molecule has 0 aliphatic carbocycles. The van der Waals surface area contributed by atoms with E-state index in [-0.39, 0.29) is 0 Å². The van der Waals surface area contributed by atoms with Gasteiger partial charge in [0.15, 0.2) is 0 Å². The van der Waals surface area contributed by atoms with Gasteiger partial charge < -0.3 is 5.32 Å². The van der Waals surface area contributed by atoms with E-state index in [1.165, 1.54) is 11.4 Å². The van der Waals surface area contributed by atoms with Crippen molar-refractivity contribution in [1.29, 1.82) is 0 Å². The Morgan fingerprint density at radius 2 is 2.15 bits per heavy atom. The average Bonchev–Trinajstić information content (AvgIpc) is 2.65. The SMILES string of the molecule is CNC(Cc1c(Br)c(C)nn1C)C1CSC(C)C(C)S1. The van der Waals surface area contributed by atoms with Crippen LogP contribution in [0.3, 0.4) is 0 Å². The Bertz CT molecular complexity index is 464. The molecule has 1 N–H and O–H groups in total. The van der Waals surface area contributed by atoms with Gasteiger partial charge in [0, 0.05) is 41.0 Å². The lowest BCUT2D eigenvalue weighted by molar-refractivity contribution is 0.531. The van der Waals surface area contributed by atoms with Gasteiger partial charge in [-0.15, -0.1) is 0 Å². The summed E-state index contributed by atoms with van der Waals surface area (Å²) in [5, 5.41) is 10.2. The van der Waals surface area contributed by atoms with Crippen LogP contribution in [-0.4, -0.2) is 44.4 Å². The van der Waals surface area contributed by atoms with E-state index in [9.17, 15) is 0 Å². The average molecular weight is 378 g/mol. The van der Waals surface area contributed by atoms with Gasteiger partial charge in [-0.1, -0.05) is 13.8 Å². The minimum absolute atomic E-state index is 0.494. The third kappa shape index (κ3) is 3.57. The highest BCUT2D eigenvalue weighted by atomic mass is 79.9. The second-order valence-electron chi connectivity index (χ2n) is 5.49. The molecule has 4 unspecified atom stereocenters. The molecule has 1 aromatic heterocycles. The fourth-order valence-corrected chi connectivity index (χ4v) is 6.22. The summed E-state index contributed by atoms with van der Waals surface area (Å²) in [4.78, 5) is 0. The number of aromatic nitrogens is 2. The minimum atomic E-state index is 0.494. The van der Waals surface area contributed by atoms with E-state index < -0.39 is 0 Å². The number of likely N-dealkylation sites (N-methyl/N-ethyl adjacent to an activating group) is 1. The third-order valence-electron chi connectivity index (χ3n) is 4.07. The lowest BCUT2D eigenvalue weighted by Gasteiger charge is -2.36. The maximum absolute atomic E-state index is 4.50. The molecule has 114 valence electrons. The van der Waals surface area contributed by atoms with Crippen LogP contribution in [0, 0.1) is 6.92 Å². The molecule has 0 spiro atoms. The molecular formula is C14H24BrN3S2. The van der Waals surface area contributed by atoms with Gasteiger partial charge in [0.05, 0.1) is 15.9 Å². The van der Waals surface area contributed by atoms with Gasteiger partial charge in [0.25, 0.3) is 0 Å². The summed E-state index contributed by atoms with van der Waals surface area (Å²) in [7, 11) is 4.11. The first-order valence-corrected chi connectivity index (χ1v) is 9.84. The molecule has 0 amide bonds. The van der Waals surface area contributed by atoms with Crippen LogP contribution in [0.2, 0.25) is 0 Å². The van der Waals surface area contributed by atoms with Gasteiger partial charge in [-0.25, -0.2) is 0 Å². The molecule has 2 heterocycles. The molecule has 20 heavy (non-hydrogen) atoms. The van der Waals surface area contributed by atoms with Crippen molar-refractivity contribution >= 4 is 39.5 Å². The standard InChI is InChI=1S/C14H24BrN3S2/c1-8-14(15)12(18(5)17-8)6-11(16-4)13-7-19-9(2)10(3)20-13/h9-11,13,16H,6-7H2,1-5H3. The smallest absolute Gasteiger partial charge is 0.0738 e. The van der Waals surface area contributed by atoms with E-state index >= 15 is 0 Å². The van der Waals surface area contributed by atoms with Gasteiger partial charge in [-0.2, -0.15) is 28.6 Å². The Morgan fingerprint density at radius 3 is 2.65 bits per heavy atom. The lowest BCUT2D eigenvalue weighted by atomic mass is 10.1. The van der Waals surface area contributed by atoms with Gasteiger partial charge in [0.2, 0.25) is 0 Å². The first-order chi connectivity index (χ1) is 9.43. The fraction of sp³-hybridized carbons (Fsp3) is 0.786. The Hall–Kier alpha value is 0.350. The van der Waals surface area contributed by atoms with Crippen LogP contribution in [0.5, 0.6) is 0 Å². The topological polar surface area (TPSA) is 29.9 Å². The first-order valence-electron chi connectivity index (χ1n) is 7.06. The second-order valence-corrected chi connectivity index (χ2v) is 9.31. The molecule has 4 atom stereocenters. The lowest BCUT2D eigenvalue weighted by Crippen LogP contribution is -2.43. The molecule has 1 aromatic rings. The minimum Gasteiger partial charge on any atom is -0.315 e. The molecule has 0 aromatic carbocycles. The second kappa shape index (κ2) is 7.07. The Labute approximate surface area is 139 Å². The number of nitrogens with one attached hydrogen (secondary N) is 1. The zero-order chi connectivity index (χ0) is 14.9. The zero-order valence-electron chi connectivity index (χ0n) is 12.8. The van der Waals surface area contributed by atoms with E-state index in [0.717, 1.165) is 27.1 Å². The zero-order valence-corrected chi connectivity index (χ0v) is 16.0. The predicted molar refractivity (Wildman–Crippen MR) is 95.0 cm³/mol. The van der Waals surface area contributed by atoms with Crippen molar-refractivity contribution in [2.45, 2.75) is 49.0 Å². The molecule has 1 fully saturated rings. The largest absolute Gasteiger partial charge is 0.315 e. The van der Waals surface area contributed by atoms with Crippen LogP contribution >= 0.6 is 39.5 Å². The number of hydrogen-bond donors (Lipinski definition) is 1. The summed E-state index contributed by atoms with van der Waals surface area (Å²) in [6.45, 7) is 6.75. The van der Waals surface area contributed by atoms with Crippen molar-refractivity contribution in [3.8, 4) is 0 Å². The number of rotatable bonds is 4. The van der Waals surface area contributed by atoms with Gasteiger partial charge in [0.1, 0.15) is 0 Å². The monoisotopic (exact) mass is 377 g/mol. The normalized spacial score (nSPS) is 28.6. The van der Waals surface area contributed by atoms with Crippen molar-refractivity contribution in [2.75, 3.05) is 12.8 Å². The molecule has 0 bridgehead atoms. The summed E-state index contributed by atoms with van der Waals surface area (Å²) >= 11 is 7.92. The highest BCUT2D eigenvalue weighted by Gasteiger charge is 2.31. The Morgan fingerprint density at radius 1 is 1.45 bits per heavy atom. The van der Waals surface area contributed by atoms with Gasteiger partial charge in [-0.3, -0.25) is 4.68 Å². The molecule has 0 saturated carbocycles. The molecule has 3 nitrogen and oxygen atoms in total. The van der Waals surface area contributed by atoms with E-state index in [1.807, 2.05) is 11.7 Å². The highest BCUT2D eigenvalue weighted by Crippen LogP contribution is 2.38. The maximum Gasteiger partial charge on any atom is 0.0738 e. The molecule has 6 heteroatoms. The fourth-order valence-electron chi connectivity index (χ4n) is 2.55. The summed E-state index contributed by atoms with van der Waals surface area (Å²) in [6, 6.07) is 0.494. The molecular weight excluding hydrogens is 354 g/mol. The Kier molecular flexibility index (Phi) is 5.91. The quantitative estimate of drug-likeness (QED) is 0.871. The number of hydrogen-bond acceptors (Lipinski definition) is 4. The highest BCUT2D eigenvalue weighted by molar-refractivity contribution is 9.10.